The molecule has 0 bridgehead atoms. The lowest BCUT2D eigenvalue weighted by molar-refractivity contribution is -0.118. The Balaban J connectivity index is 1.55. The molecule has 35 heavy (non-hydrogen) atoms. The highest BCUT2D eigenvalue weighted by Gasteiger charge is 2.26. The monoisotopic (exact) mass is 467 g/mol. The van der Waals surface area contributed by atoms with Gasteiger partial charge in [-0.25, -0.2) is 0 Å². The fourth-order valence-electron chi connectivity index (χ4n) is 4.67. The summed E-state index contributed by atoms with van der Waals surface area (Å²) in [6.45, 7) is 4.14. The first-order valence-electron chi connectivity index (χ1n) is 11.8. The summed E-state index contributed by atoms with van der Waals surface area (Å²) in [5.41, 5.74) is 12.6. The summed E-state index contributed by atoms with van der Waals surface area (Å²) in [5.74, 6) is -0.300. The van der Waals surface area contributed by atoms with Gasteiger partial charge in [-0.05, 0) is 78.4 Å². The van der Waals surface area contributed by atoms with Gasteiger partial charge < -0.3 is 26.3 Å². The van der Waals surface area contributed by atoms with Crippen LogP contribution < -0.4 is 21.3 Å². The predicted octanol–water partition coefficient (Wildman–Crippen LogP) is 4.72. The summed E-state index contributed by atoms with van der Waals surface area (Å²) in [6.07, 6.45) is 8.83. The van der Waals surface area contributed by atoms with E-state index in [4.69, 9.17) is 5.73 Å². The first kappa shape index (κ1) is 22.5. The fraction of sp³-hybridized carbons (Fsp3) is 0.214. The highest BCUT2D eigenvalue weighted by atomic mass is 16.2. The number of rotatable bonds is 3. The average Bonchev–Trinajstić information content (AvgIpc) is 3.11. The second kappa shape index (κ2) is 9.18. The van der Waals surface area contributed by atoms with Crippen LogP contribution in [0.3, 0.4) is 0 Å². The summed E-state index contributed by atoms with van der Waals surface area (Å²) >= 11 is 0. The Morgan fingerprint density at radius 2 is 1.97 bits per heavy atom. The van der Waals surface area contributed by atoms with E-state index < -0.39 is 0 Å². The minimum Gasteiger partial charge on any atom is -0.399 e. The first-order valence-corrected chi connectivity index (χ1v) is 11.8. The molecule has 2 heterocycles. The largest absolute Gasteiger partial charge is 0.399 e. The van der Waals surface area contributed by atoms with Crippen LogP contribution in [-0.2, 0) is 9.59 Å². The number of nitrogens with two attached hydrogens (primary N) is 1. The van der Waals surface area contributed by atoms with Gasteiger partial charge in [0.1, 0.15) is 0 Å². The van der Waals surface area contributed by atoms with Gasteiger partial charge in [0.05, 0.1) is 11.4 Å². The molecule has 5 rings (SSSR count). The molecule has 7 nitrogen and oxygen atoms in total. The molecule has 2 aromatic carbocycles. The van der Waals surface area contributed by atoms with E-state index in [0.717, 1.165) is 39.8 Å². The minimum absolute atomic E-state index is 0.130. The molecule has 1 aromatic heterocycles. The zero-order valence-corrected chi connectivity index (χ0v) is 19.9. The maximum Gasteiger partial charge on any atom is 0.258 e. The van der Waals surface area contributed by atoms with Gasteiger partial charge >= 0.3 is 0 Å². The number of aromatic nitrogens is 1. The molecule has 1 aliphatic carbocycles. The second-order valence-electron chi connectivity index (χ2n) is 9.19. The Labute approximate surface area is 204 Å². The van der Waals surface area contributed by atoms with Crippen molar-refractivity contribution in [2.24, 2.45) is 0 Å². The summed E-state index contributed by atoms with van der Waals surface area (Å²) in [6, 6.07) is 14.1. The Morgan fingerprint density at radius 3 is 2.80 bits per heavy atom. The third-order valence-electron chi connectivity index (χ3n) is 6.43. The third kappa shape index (κ3) is 4.71. The SMILES string of the molecule is CC(=O)NC1=CC(C(=O)N2CCC(C)Nc3ccc(N)cc32)=CC=C(c2ccc3[nH]ccc3c2)C1. The summed E-state index contributed by atoms with van der Waals surface area (Å²) < 4.78 is 0. The molecule has 0 radical (unpaired) electrons. The van der Waals surface area contributed by atoms with Crippen molar-refractivity contribution in [2.45, 2.75) is 32.7 Å². The van der Waals surface area contributed by atoms with E-state index in [2.05, 4.69) is 34.7 Å². The fourth-order valence-corrected chi connectivity index (χ4v) is 4.67. The number of nitrogens with one attached hydrogen (secondary N) is 3. The van der Waals surface area contributed by atoms with Gasteiger partial charge in [0.2, 0.25) is 5.91 Å². The molecule has 0 saturated carbocycles. The molecular weight excluding hydrogens is 438 g/mol. The van der Waals surface area contributed by atoms with Gasteiger partial charge in [0.15, 0.2) is 0 Å². The normalized spacial score (nSPS) is 17.8. The van der Waals surface area contributed by atoms with Crippen molar-refractivity contribution in [1.29, 1.82) is 0 Å². The Kier molecular flexibility index (Phi) is 5.91. The Bertz CT molecular complexity index is 1410. The van der Waals surface area contributed by atoms with E-state index in [0.29, 0.717) is 29.9 Å². The molecule has 1 atom stereocenters. The number of anilines is 3. The minimum atomic E-state index is -0.170. The van der Waals surface area contributed by atoms with Crippen LogP contribution in [0.5, 0.6) is 0 Å². The summed E-state index contributed by atoms with van der Waals surface area (Å²) in [4.78, 5) is 30.8. The van der Waals surface area contributed by atoms with Crippen LogP contribution in [0, 0.1) is 0 Å². The molecule has 0 fully saturated rings. The number of aromatic amines is 1. The van der Waals surface area contributed by atoms with Crippen molar-refractivity contribution in [1.82, 2.24) is 10.3 Å². The molecule has 0 spiro atoms. The number of nitrogen functional groups attached to an aromatic ring is 1. The van der Waals surface area contributed by atoms with Crippen molar-refractivity contribution < 1.29 is 9.59 Å². The van der Waals surface area contributed by atoms with Crippen LogP contribution in [0.2, 0.25) is 0 Å². The number of hydrogen-bond acceptors (Lipinski definition) is 4. The molecule has 1 aliphatic heterocycles. The average molecular weight is 468 g/mol. The highest BCUT2D eigenvalue weighted by molar-refractivity contribution is 6.10. The number of fused-ring (bicyclic) bond motifs is 2. The smallest absolute Gasteiger partial charge is 0.258 e. The lowest BCUT2D eigenvalue weighted by Gasteiger charge is -2.23. The van der Waals surface area contributed by atoms with Crippen LogP contribution >= 0.6 is 0 Å². The highest BCUT2D eigenvalue weighted by Crippen LogP contribution is 2.34. The molecule has 7 heteroatoms. The molecule has 178 valence electrons. The lowest BCUT2D eigenvalue weighted by atomic mass is 10.00. The molecule has 3 aromatic rings. The number of carbonyl (C=O) groups excluding carboxylic acids is 2. The molecular formula is C28H29N5O2. The number of benzene rings is 2. The van der Waals surface area contributed by atoms with Crippen LogP contribution in [0.25, 0.3) is 16.5 Å². The van der Waals surface area contributed by atoms with Crippen molar-refractivity contribution >= 4 is 45.4 Å². The maximum absolute atomic E-state index is 13.9. The van der Waals surface area contributed by atoms with Crippen LogP contribution in [0.1, 0.15) is 32.3 Å². The van der Waals surface area contributed by atoms with Gasteiger partial charge in [0, 0.05) is 54.6 Å². The third-order valence-corrected chi connectivity index (χ3v) is 6.43. The van der Waals surface area contributed by atoms with Crippen LogP contribution in [0.15, 0.2) is 78.2 Å². The van der Waals surface area contributed by atoms with Crippen LogP contribution in [-0.4, -0.2) is 29.4 Å². The van der Waals surface area contributed by atoms with E-state index >= 15 is 0 Å². The van der Waals surface area contributed by atoms with Gasteiger partial charge in [-0.15, -0.1) is 0 Å². The molecule has 2 amide bonds. The Hall–Kier alpha value is -4.26. The van der Waals surface area contributed by atoms with Crippen molar-refractivity contribution in [3.63, 3.8) is 0 Å². The quantitative estimate of drug-likeness (QED) is 0.419. The predicted molar refractivity (Wildman–Crippen MR) is 142 cm³/mol. The Morgan fingerprint density at radius 1 is 1.11 bits per heavy atom. The van der Waals surface area contributed by atoms with Gasteiger partial charge in [0.25, 0.3) is 5.91 Å². The van der Waals surface area contributed by atoms with E-state index in [-0.39, 0.29) is 17.9 Å². The first-order chi connectivity index (χ1) is 16.9. The number of nitrogens with zero attached hydrogens (tertiary/aromatic N) is 1. The van der Waals surface area contributed by atoms with E-state index in [1.54, 1.807) is 11.0 Å². The molecule has 5 N–H and O–H groups in total. The van der Waals surface area contributed by atoms with E-state index in [1.165, 1.54) is 6.92 Å². The second-order valence-corrected chi connectivity index (χ2v) is 9.19. The number of amides is 2. The van der Waals surface area contributed by atoms with Crippen LogP contribution in [0.4, 0.5) is 17.1 Å². The topological polar surface area (TPSA) is 103 Å². The van der Waals surface area contributed by atoms with E-state index in [9.17, 15) is 9.59 Å². The van der Waals surface area contributed by atoms with Gasteiger partial charge in [-0.3, -0.25) is 9.59 Å². The number of hydrogen-bond donors (Lipinski definition) is 4. The van der Waals surface area contributed by atoms with Crippen molar-refractivity contribution in [3.05, 3.63) is 83.7 Å². The van der Waals surface area contributed by atoms with Gasteiger partial charge in [-0.2, -0.15) is 0 Å². The number of carbonyl (C=O) groups is 2. The zero-order valence-electron chi connectivity index (χ0n) is 19.9. The van der Waals surface area contributed by atoms with Gasteiger partial charge in [-0.1, -0.05) is 12.1 Å². The lowest BCUT2D eigenvalue weighted by Crippen LogP contribution is -2.33. The molecule has 0 saturated heterocycles. The molecule has 1 unspecified atom stereocenters. The summed E-state index contributed by atoms with van der Waals surface area (Å²) in [5, 5.41) is 7.50. The number of allylic oxidation sites excluding steroid dienone is 3. The zero-order chi connectivity index (χ0) is 24.5. The van der Waals surface area contributed by atoms with Crippen molar-refractivity contribution in [3.8, 4) is 0 Å². The maximum atomic E-state index is 13.9. The van der Waals surface area contributed by atoms with Crippen molar-refractivity contribution in [2.75, 3.05) is 22.5 Å². The standard InChI is InChI=1S/C28H29N5O2/c1-17-10-12-33(27-16-23(29)6-8-26(27)31-17)28(35)22-4-3-20(14-24(15-22)32-18(2)34)19-5-7-25-21(13-19)9-11-30-25/h3-9,11,13,15-17,30-31H,10,12,14,29H2,1-2H3,(H,32,34). The van der Waals surface area contributed by atoms with E-state index in [1.807, 2.05) is 48.7 Å². The number of H-pyrrole nitrogens is 1. The molecule has 2 aliphatic rings. The summed E-state index contributed by atoms with van der Waals surface area (Å²) in [7, 11) is 0.